The lowest BCUT2D eigenvalue weighted by Gasteiger charge is -2.32. The first-order valence-corrected chi connectivity index (χ1v) is 6.26. The molecule has 0 saturated carbocycles. The van der Waals surface area contributed by atoms with Gasteiger partial charge in [0.15, 0.2) is 0 Å². The number of aromatic nitrogens is 2. The third kappa shape index (κ3) is 3.06. The summed E-state index contributed by atoms with van der Waals surface area (Å²) < 4.78 is 0. The van der Waals surface area contributed by atoms with Gasteiger partial charge in [-0.15, -0.1) is 0 Å². The number of rotatable bonds is 3. The second-order valence-corrected chi connectivity index (χ2v) is 4.62. The van der Waals surface area contributed by atoms with Crippen molar-refractivity contribution in [2.45, 2.75) is 19.8 Å². The highest BCUT2D eigenvalue weighted by Gasteiger charge is 2.17. The molecule has 2 N–H and O–H groups in total. The number of likely N-dealkylation sites (N-methyl/N-ethyl adjacent to an activating group) is 1. The zero-order valence-corrected chi connectivity index (χ0v) is 10.7. The Morgan fingerprint density at radius 2 is 1.94 bits per heavy atom. The highest BCUT2D eigenvalue weighted by atomic mass is 15.3. The second-order valence-electron chi connectivity index (χ2n) is 4.62. The van der Waals surface area contributed by atoms with E-state index in [-0.39, 0.29) is 0 Å². The summed E-state index contributed by atoms with van der Waals surface area (Å²) in [5.74, 6) is 1.37. The normalized spacial score (nSPS) is 17.4. The zero-order chi connectivity index (χ0) is 12.3. The van der Waals surface area contributed by atoms with Crippen molar-refractivity contribution in [2.75, 3.05) is 43.9 Å². The summed E-state index contributed by atoms with van der Waals surface area (Å²) in [4.78, 5) is 13.5. The Kier molecular flexibility index (Phi) is 3.78. The Morgan fingerprint density at radius 1 is 1.24 bits per heavy atom. The highest BCUT2D eigenvalue weighted by molar-refractivity contribution is 5.41. The maximum absolute atomic E-state index is 5.84. The first kappa shape index (κ1) is 12.1. The second kappa shape index (κ2) is 5.31. The molecule has 0 amide bonds. The van der Waals surface area contributed by atoms with E-state index in [0.29, 0.717) is 5.82 Å². The molecule has 1 fully saturated rings. The molecule has 0 spiro atoms. The molecule has 1 aliphatic rings. The molecule has 5 nitrogen and oxygen atoms in total. The van der Waals surface area contributed by atoms with Gasteiger partial charge in [-0.05, 0) is 13.5 Å². The lowest BCUT2D eigenvalue weighted by atomic mass is 10.2. The van der Waals surface area contributed by atoms with Crippen LogP contribution in [0.2, 0.25) is 0 Å². The van der Waals surface area contributed by atoms with Crippen molar-refractivity contribution in [3.63, 3.8) is 0 Å². The van der Waals surface area contributed by atoms with Gasteiger partial charge in [0.05, 0.1) is 0 Å². The van der Waals surface area contributed by atoms with Gasteiger partial charge in [0.1, 0.15) is 5.82 Å². The van der Waals surface area contributed by atoms with Crippen LogP contribution < -0.4 is 10.6 Å². The number of nitrogens with zero attached hydrogens (tertiary/aromatic N) is 4. The van der Waals surface area contributed by atoms with Crippen LogP contribution in [0.3, 0.4) is 0 Å². The van der Waals surface area contributed by atoms with Crippen molar-refractivity contribution in [2.24, 2.45) is 0 Å². The van der Waals surface area contributed by atoms with Crippen molar-refractivity contribution in [1.82, 2.24) is 14.9 Å². The largest absolute Gasteiger partial charge is 0.384 e. The van der Waals surface area contributed by atoms with E-state index in [9.17, 15) is 0 Å². The van der Waals surface area contributed by atoms with Gasteiger partial charge < -0.3 is 15.5 Å². The maximum atomic E-state index is 5.84. The maximum Gasteiger partial charge on any atom is 0.227 e. The van der Waals surface area contributed by atoms with Crippen molar-refractivity contribution >= 4 is 11.8 Å². The smallest absolute Gasteiger partial charge is 0.227 e. The Labute approximate surface area is 103 Å². The molecule has 2 rings (SSSR count). The number of hydrogen-bond acceptors (Lipinski definition) is 5. The summed E-state index contributed by atoms with van der Waals surface area (Å²) >= 11 is 0. The third-order valence-electron chi connectivity index (χ3n) is 3.08. The average Bonchev–Trinajstić information content (AvgIpc) is 2.29. The third-order valence-corrected chi connectivity index (χ3v) is 3.08. The lowest BCUT2D eigenvalue weighted by molar-refractivity contribution is 0.311. The van der Waals surface area contributed by atoms with Crippen molar-refractivity contribution in [3.8, 4) is 0 Å². The molecule has 0 aliphatic carbocycles. The number of anilines is 2. The van der Waals surface area contributed by atoms with E-state index in [1.54, 1.807) is 0 Å². The fourth-order valence-corrected chi connectivity index (χ4v) is 2.04. The Hall–Kier alpha value is -1.36. The van der Waals surface area contributed by atoms with E-state index in [0.717, 1.165) is 50.7 Å². The van der Waals surface area contributed by atoms with Crippen LogP contribution in [0, 0.1) is 0 Å². The van der Waals surface area contributed by atoms with Gasteiger partial charge in [0.2, 0.25) is 5.95 Å². The molecular formula is C12H21N5. The minimum atomic E-state index is 0.581. The predicted octanol–water partition coefficient (Wildman–Crippen LogP) is 0.763. The molecule has 17 heavy (non-hydrogen) atoms. The van der Waals surface area contributed by atoms with E-state index < -0.39 is 0 Å². The van der Waals surface area contributed by atoms with Gasteiger partial charge in [0.25, 0.3) is 0 Å². The van der Waals surface area contributed by atoms with E-state index in [2.05, 4.69) is 33.7 Å². The molecule has 94 valence electrons. The molecule has 2 heterocycles. The zero-order valence-electron chi connectivity index (χ0n) is 10.7. The molecule has 0 atom stereocenters. The molecule has 1 aromatic rings. The van der Waals surface area contributed by atoms with Gasteiger partial charge >= 0.3 is 0 Å². The van der Waals surface area contributed by atoms with Gasteiger partial charge in [-0.1, -0.05) is 13.3 Å². The van der Waals surface area contributed by atoms with Crippen molar-refractivity contribution < 1.29 is 0 Å². The number of nitrogen functional groups attached to an aromatic ring is 1. The summed E-state index contributed by atoms with van der Waals surface area (Å²) in [5.41, 5.74) is 6.89. The van der Waals surface area contributed by atoms with Crippen LogP contribution in [0.15, 0.2) is 6.07 Å². The van der Waals surface area contributed by atoms with Crippen molar-refractivity contribution in [1.29, 1.82) is 0 Å². The Balaban J connectivity index is 2.14. The topological polar surface area (TPSA) is 58.3 Å². The molecule has 0 radical (unpaired) electrons. The van der Waals surface area contributed by atoms with Crippen LogP contribution >= 0.6 is 0 Å². The Morgan fingerprint density at radius 3 is 2.59 bits per heavy atom. The van der Waals surface area contributed by atoms with E-state index in [4.69, 9.17) is 5.73 Å². The van der Waals surface area contributed by atoms with Crippen LogP contribution in [0.4, 0.5) is 11.8 Å². The Bertz CT molecular complexity index is 371. The SMILES string of the molecule is CCCc1cc(N)nc(N2CCN(C)CC2)n1. The van der Waals surface area contributed by atoms with E-state index >= 15 is 0 Å². The fourth-order valence-electron chi connectivity index (χ4n) is 2.04. The van der Waals surface area contributed by atoms with Crippen LogP contribution in [-0.4, -0.2) is 48.1 Å². The molecule has 1 aromatic heterocycles. The molecule has 0 aromatic carbocycles. The molecule has 1 saturated heterocycles. The van der Waals surface area contributed by atoms with Crippen LogP contribution in [0.5, 0.6) is 0 Å². The monoisotopic (exact) mass is 235 g/mol. The standard InChI is InChI=1S/C12H21N5/c1-3-4-10-9-11(13)15-12(14-10)17-7-5-16(2)6-8-17/h9H,3-8H2,1-2H3,(H2,13,14,15). The number of nitrogens with two attached hydrogens (primary N) is 1. The van der Waals surface area contributed by atoms with E-state index in [1.807, 2.05) is 6.07 Å². The van der Waals surface area contributed by atoms with Gasteiger partial charge in [-0.25, -0.2) is 4.98 Å². The highest BCUT2D eigenvalue weighted by Crippen LogP contribution is 2.14. The minimum Gasteiger partial charge on any atom is -0.384 e. The average molecular weight is 235 g/mol. The molecule has 1 aliphatic heterocycles. The van der Waals surface area contributed by atoms with Crippen LogP contribution in [-0.2, 0) is 6.42 Å². The summed E-state index contributed by atoms with van der Waals surface area (Å²) in [6.07, 6.45) is 2.05. The van der Waals surface area contributed by atoms with Crippen molar-refractivity contribution in [3.05, 3.63) is 11.8 Å². The van der Waals surface area contributed by atoms with Crippen LogP contribution in [0.25, 0.3) is 0 Å². The molecule has 0 bridgehead atoms. The summed E-state index contributed by atoms with van der Waals surface area (Å²) in [7, 11) is 2.14. The van der Waals surface area contributed by atoms with Crippen LogP contribution in [0.1, 0.15) is 19.0 Å². The summed E-state index contributed by atoms with van der Waals surface area (Å²) in [5, 5.41) is 0. The molecular weight excluding hydrogens is 214 g/mol. The molecule has 0 unspecified atom stereocenters. The first-order valence-electron chi connectivity index (χ1n) is 6.26. The van der Waals surface area contributed by atoms with Gasteiger partial charge in [-0.3, -0.25) is 0 Å². The number of hydrogen-bond donors (Lipinski definition) is 1. The number of aryl methyl sites for hydroxylation is 1. The minimum absolute atomic E-state index is 0.581. The summed E-state index contributed by atoms with van der Waals surface area (Å²) in [6.45, 7) is 6.22. The fraction of sp³-hybridized carbons (Fsp3) is 0.667. The lowest BCUT2D eigenvalue weighted by Crippen LogP contribution is -2.45. The van der Waals surface area contributed by atoms with E-state index in [1.165, 1.54) is 0 Å². The van der Waals surface area contributed by atoms with Gasteiger partial charge in [-0.2, -0.15) is 4.98 Å². The predicted molar refractivity (Wildman–Crippen MR) is 70.1 cm³/mol. The van der Waals surface area contributed by atoms with Gasteiger partial charge in [0, 0.05) is 37.9 Å². The summed E-state index contributed by atoms with van der Waals surface area (Å²) in [6, 6.07) is 1.88. The molecule has 5 heteroatoms. The quantitative estimate of drug-likeness (QED) is 0.838. The number of piperazine rings is 1. The first-order chi connectivity index (χ1) is 8.19.